The molecule has 0 radical (unpaired) electrons. The minimum absolute atomic E-state index is 0.337. The van der Waals surface area contributed by atoms with Crippen molar-refractivity contribution in [2.45, 2.75) is 25.8 Å². The summed E-state index contributed by atoms with van der Waals surface area (Å²) in [5.41, 5.74) is 14.3. The van der Waals surface area contributed by atoms with E-state index in [0.717, 1.165) is 17.7 Å². The zero-order valence-electron chi connectivity index (χ0n) is 8.88. The molecule has 4 N–H and O–H groups in total. The van der Waals surface area contributed by atoms with E-state index in [4.69, 9.17) is 11.5 Å². The highest BCUT2D eigenvalue weighted by Crippen LogP contribution is 2.18. The second-order valence-corrected chi connectivity index (χ2v) is 4.12. The van der Waals surface area contributed by atoms with Crippen molar-refractivity contribution < 1.29 is 0 Å². The molecule has 0 aliphatic rings. The van der Waals surface area contributed by atoms with Crippen LogP contribution in [0.4, 0.5) is 5.69 Å². The average molecular weight is 190 g/mol. The highest BCUT2D eigenvalue weighted by atomic mass is 14.7. The minimum Gasteiger partial charge on any atom is -0.399 e. The van der Waals surface area contributed by atoms with Gasteiger partial charge >= 0.3 is 0 Å². The molecule has 0 aromatic heterocycles. The summed E-state index contributed by atoms with van der Waals surface area (Å²) in [6, 6.07) is 7.79. The molecule has 2 heteroatoms. The summed E-state index contributed by atoms with van der Waals surface area (Å²) < 4.78 is 0. The first kappa shape index (κ1) is 10.8. The van der Waals surface area contributed by atoms with Crippen molar-refractivity contribution in [3.8, 4) is 0 Å². The fourth-order valence-corrected chi connectivity index (χ4v) is 1.21. The van der Waals surface area contributed by atoms with Crippen molar-refractivity contribution in [2.75, 3.05) is 5.73 Å². The zero-order valence-corrected chi connectivity index (χ0v) is 8.88. The molecule has 14 heavy (non-hydrogen) atoms. The summed E-state index contributed by atoms with van der Waals surface area (Å²) in [6.45, 7) is 7.84. The van der Waals surface area contributed by atoms with E-state index in [9.17, 15) is 0 Å². The van der Waals surface area contributed by atoms with Crippen LogP contribution in [0.1, 0.15) is 19.4 Å². The Morgan fingerprint density at radius 3 is 2.29 bits per heavy atom. The molecular weight excluding hydrogens is 172 g/mol. The number of hydrogen-bond donors (Lipinski definition) is 2. The maximum atomic E-state index is 6.10. The quantitative estimate of drug-likeness (QED) is 0.566. The Bertz CT molecular complexity index is 323. The van der Waals surface area contributed by atoms with E-state index in [-0.39, 0.29) is 5.54 Å². The van der Waals surface area contributed by atoms with Crippen LogP contribution in [0.3, 0.4) is 0 Å². The maximum absolute atomic E-state index is 6.10. The Labute approximate surface area is 85.6 Å². The van der Waals surface area contributed by atoms with Gasteiger partial charge in [0.15, 0.2) is 0 Å². The van der Waals surface area contributed by atoms with E-state index in [0.29, 0.717) is 0 Å². The molecule has 0 aliphatic heterocycles. The lowest BCUT2D eigenvalue weighted by Gasteiger charge is -2.25. The van der Waals surface area contributed by atoms with Crippen LogP contribution in [0.15, 0.2) is 36.4 Å². The summed E-state index contributed by atoms with van der Waals surface area (Å²) in [4.78, 5) is 0. The van der Waals surface area contributed by atoms with Gasteiger partial charge in [-0.25, -0.2) is 0 Å². The number of hydrogen-bond acceptors (Lipinski definition) is 2. The third-order valence-corrected chi connectivity index (χ3v) is 2.53. The fourth-order valence-electron chi connectivity index (χ4n) is 1.21. The lowest BCUT2D eigenvalue weighted by molar-refractivity contribution is 0.548. The molecule has 0 saturated carbocycles. The second kappa shape index (κ2) is 3.84. The molecule has 0 spiro atoms. The SMILES string of the molecule is C=C(C)C(C)(N)Cc1ccc(N)cc1. The summed E-state index contributed by atoms with van der Waals surface area (Å²) in [6.07, 6.45) is 0.794. The molecule has 0 saturated heterocycles. The van der Waals surface area contributed by atoms with Crippen molar-refractivity contribution in [3.63, 3.8) is 0 Å². The van der Waals surface area contributed by atoms with Gasteiger partial charge in [0, 0.05) is 11.2 Å². The zero-order chi connectivity index (χ0) is 10.8. The second-order valence-electron chi connectivity index (χ2n) is 4.12. The fraction of sp³-hybridized carbons (Fsp3) is 0.333. The molecule has 0 heterocycles. The third kappa shape index (κ3) is 2.60. The molecule has 76 valence electrons. The van der Waals surface area contributed by atoms with Crippen molar-refractivity contribution >= 4 is 5.69 Å². The normalized spacial score (nSPS) is 14.8. The first-order valence-corrected chi connectivity index (χ1v) is 4.71. The Hall–Kier alpha value is -1.28. The van der Waals surface area contributed by atoms with Crippen LogP contribution in [0.2, 0.25) is 0 Å². The Morgan fingerprint density at radius 2 is 1.86 bits per heavy atom. The monoisotopic (exact) mass is 190 g/mol. The van der Waals surface area contributed by atoms with Crippen LogP contribution in [-0.2, 0) is 6.42 Å². The van der Waals surface area contributed by atoms with E-state index in [1.807, 2.05) is 38.1 Å². The number of nitrogens with two attached hydrogens (primary N) is 2. The van der Waals surface area contributed by atoms with Crippen LogP contribution in [-0.4, -0.2) is 5.54 Å². The van der Waals surface area contributed by atoms with Gasteiger partial charge in [-0.3, -0.25) is 0 Å². The summed E-state index contributed by atoms with van der Waals surface area (Å²) in [7, 11) is 0. The number of anilines is 1. The van der Waals surface area contributed by atoms with Gasteiger partial charge in [0.2, 0.25) is 0 Å². The van der Waals surface area contributed by atoms with Crippen LogP contribution in [0, 0.1) is 0 Å². The van der Waals surface area contributed by atoms with E-state index in [2.05, 4.69) is 6.58 Å². The van der Waals surface area contributed by atoms with Gasteiger partial charge in [-0.2, -0.15) is 0 Å². The predicted octanol–water partition coefficient (Wildman–Crippen LogP) is 2.10. The Kier molecular flexibility index (Phi) is 2.96. The predicted molar refractivity (Wildman–Crippen MR) is 62.0 cm³/mol. The third-order valence-electron chi connectivity index (χ3n) is 2.53. The Balaban J connectivity index is 2.79. The largest absolute Gasteiger partial charge is 0.399 e. The van der Waals surface area contributed by atoms with Crippen molar-refractivity contribution in [1.29, 1.82) is 0 Å². The van der Waals surface area contributed by atoms with Gasteiger partial charge in [-0.05, 0) is 38.0 Å². The minimum atomic E-state index is -0.337. The molecular formula is C12H18N2. The standard InChI is InChI=1S/C12H18N2/c1-9(2)12(3,14)8-10-4-6-11(13)7-5-10/h4-7H,1,8,13-14H2,2-3H3. The van der Waals surface area contributed by atoms with Crippen LogP contribution >= 0.6 is 0 Å². The summed E-state index contributed by atoms with van der Waals surface area (Å²) >= 11 is 0. The van der Waals surface area contributed by atoms with Crippen molar-refractivity contribution in [2.24, 2.45) is 5.73 Å². The highest BCUT2D eigenvalue weighted by molar-refractivity contribution is 5.40. The van der Waals surface area contributed by atoms with Gasteiger partial charge in [-0.1, -0.05) is 24.3 Å². The molecule has 2 nitrogen and oxygen atoms in total. The van der Waals surface area contributed by atoms with Gasteiger partial charge in [0.1, 0.15) is 0 Å². The number of rotatable bonds is 3. The van der Waals surface area contributed by atoms with Crippen molar-refractivity contribution in [3.05, 3.63) is 42.0 Å². The average Bonchev–Trinajstić information content (AvgIpc) is 2.08. The van der Waals surface area contributed by atoms with E-state index < -0.39 is 0 Å². The summed E-state index contributed by atoms with van der Waals surface area (Å²) in [5.74, 6) is 0. The van der Waals surface area contributed by atoms with Gasteiger partial charge in [0.25, 0.3) is 0 Å². The highest BCUT2D eigenvalue weighted by Gasteiger charge is 2.19. The topological polar surface area (TPSA) is 52.0 Å². The maximum Gasteiger partial charge on any atom is 0.0375 e. The van der Waals surface area contributed by atoms with Gasteiger partial charge in [0.05, 0.1) is 0 Å². The molecule has 1 rings (SSSR count). The first-order valence-electron chi connectivity index (χ1n) is 4.71. The lowest BCUT2D eigenvalue weighted by Crippen LogP contribution is -2.39. The van der Waals surface area contributed by atoms with Gasteiger partial charge < -0.3 is 11.5 Å². The molecule has 1 atom stereocenters. The van der Waals surface area contributed by atoms with Crippen molar-refractivity contribution in [1.82, 2.24) is 0 Å². The molecule has 0 bridgehead atoms. The van der Waals surface area contributed by atoms with E-state index in [1.165, 1.54) is 5.56 Å². The van der Waals surface area contributed by atoms with Crippen LogP contribution in [0.5, 0.6) is 0 Å². The van der Waals surface area contributed by atoms with E-state index in [1.54, 1.807) is 0 Å². The van der Waals surface area contributed by atoms with Crippen LogP contribution < -0.4 is 11.5 Å². The lowest BCUT2D eigenvalue weighted by atomic mass is 9.88. The summed E-state index contributed by atoms with van der Waals surface area (Å²) in [5, 5.41) is 0. The number of benzene rings is 1. The molecule has 1 aromatic rings. The molecule has 0 fully saturated rings. The van der Waals surface area contributed by atoms with Gasteiger partial charge in [-0.15, -0.1) is 0 Å². The van der Waals surface area contributed by atoms with Crippen LogP contribution in [0.25, 0.3) is 0 Å². The smallest absolute Gasteiger partial charge is 0.0375 e. The Morgan fingerprint density at radius 1 is 1.36 bits per heavy atom. The molecule has 0 amide bonds. The molecule has 1 aromatic carbocycles. The first-order chi connectivity index (χ1) is 6.42. The molecule has 1 unspecified atom stereocenters. The van der Waals surface area contributed by atoms with E-state index >= 15 is 0 Å². The number of nitrogen functional groups attached to an aromatic ring is 1. The molecule has 0 aliphatic carbocycles.